The lowest BCUT2D eigenvalue weighted by Crippen LogP contribution is -2.32. The number of nitrogens with one attached hydrogen (secondary N) is 2. The van der Waals surface area contributed by atoms with E-state index in [1.807, 2.05) is 18.2 Å². The van der Waals surface area contributed by atoms with Gasteiger partial charge in [-0.05, 0) is 18.6 Å². The monoisotopic (exact) mass is 334 g/mol. The van der Waals surface area contributed by atoms with Gasteiger partial charge in [-0.25, -0.2) is 0 Å². The quantitative estimate of drug-likeness (QED) is 0.731. The molecule has 1 amide bonds. The number of nitrogens with two attached hydrogens (primary N) is 1. The molecule has 2 aromatic rings. The summed E-state index contributed by atoms with van der Waals surface area (Å²) in [6.45, 7) is 1.72. The molecule has 7 nitrogen and oxygen atoms in total. The number of benzene rings is 1. The van der Waals surface area contributed by atoms with Gasteiger partial charge in [-0.1, -0.05) is 18.2 Å². The Bertz CT molecular complexity index is 1050. The number of fused-ring (bicyclic) bond motifs is 2. The highest BCUT2D eigenvalue weighted by atomic mass is 16.5. The van der Waals surface area contributed by atoms with Crippen LogP contribution in [0.2, 0.25) is 0 Å². The first-order chi connectivity index (χ1) is 12.0. The normalized spacial score (nSPS) is 21.0. The molecule has 3 heterocycles. The highest BCUT2D eigenvalue weighted by molar-refractivity contribution is 6.04. The number of anilines is 1. The van der Waals surface area contributed by atoms with Gasteiger partial charge in [0.05, 0.1) is 17.1 Å². The van der Waals surface area contributed by atoms with Crippen LogP contribution >= 0.6 is 0 Å². The predicted molar refractivity (Wildman–Crippen MR) is 89.8 cm³/mol. The van der Waals surface area contributed by atoms with Gasteiger partial charge in [-0.15, -0.1) is 0 Å². The van der Waals surface area contributed by atoms with Crippen LogP contribution in [0.15, 0.2) is 46.6 Å². The van der Waals surface area contributed by atoms with Gasteiger partial charge in [0.15, 0.2) is 0 Å². The van der Waals surface area contributed by atoms with E-state index in [1.165, 1.54) is 0 Å². The number of amides is 1. The second kappa shape index (κ2) is 5.24. The first-order valence-electron chi connectivity index (χ1n) is 7.72. The molecule has 25 heavy (non-hydrogen) atoms. The molecule has 124 valence electrons. The average Bonchev–Trinajstić information content (AvgIpc) is 2.88. The van der Waals surface area contributed by atoms with Gasteiger partial charge in [0.25, 0.3) is 5.56 Å². The lowest BCUT2D eigenvalue weighted by molar-refractivity contribution is -0.117. The standard InChI is InChI=1S/C18H14N4O3/c1-8-6-12-15(18(24)21-8)13(10(7-19)16(20)25-12)14-9-4-2-3-5-11(9)22-17(14)23/h2-6,13-14H,20H2,1H3,(H,21,24)(H,22,23)/t13-,14+/m1/s1. The third-order valence-electron chi connectivity index (χ3n) is 4.57. The number of nitriles is 1. The predicted octanol–water partition coefficient (Wildman–Crippen LogP) is 1.59. The van der Waals surface area contributed by atoms with Crippen LogP contribution in [0.4, 0.5) is 5.69 Å². The molecule has 0 saturated heterocycles. The Kier molecular flexibility index (Phi) is 3.15. The summed E-state index contributed by atoms with van der Waals surface area (Å²) in [4.78, 5) is 28.0. The number of H-pyrrole nitrogens is 1. The van der Waals surface area contributed by atoms with E-state index in [0.29, 0.717) is 11.4 Å². The first-order valence-corrected chi connectivity index (χ1v) is 7.72. The molecule has 0 aliphatic carbocycles. The number of carbonyl (C=O) groups is 1. The number of aromatic nitrogens is 1. The maximum absolute atomic E-state index is 12.6. The Morgan fingerprint density at radius 2 is 2.00 bits per heavy atom. The molecule has 0 fully saturated rings. The third-order valence-corrected chi connectivity index (χ3v) is 4.57. The Hall–Kier alpha value is -3.53. The summed E-state index contributed by atoms with van der Waals surface area (Å²) in [5, 5.41) is 12.4. The molecular formula is C18H14N4O3. The molecule has 4 rings (SSSR count). The van der Waals surface area contributed by atoms with Crippen molar-refractivity contribution in [2.45, 2.75) is 18.8 Å². The summed E-state index contributed by atoms with van der Waals surface area (Å²) in [5.74, 6) is -1.61. The van der Waals surface area contributed by atoms with Crippen molar-refractivity contribution in [2.75, 3.05) is 5.32 Å². The molecule has 0 bridgehead atoms. The highest BCUT2D eigenvalue weighted by Gasteiger charge is 2.45. The topological polar surface area (TPSA) is 121 Å². The summed E-state index contributed by atoms with van der Waals surface area (Å²) < 4.78 is 5.49. The molecule has 0 radical (unpaired) electrons. The zero-order chi connectivity index (χ0) is 17.7. The average molecular weight is 334 g/mol. The van der Waals surface area contributed by atoms with E-state index < -0.39 is 17.4 Å². The van der Waals surface area contributed by atoms with Crippen molar-refractivity contribution in [3.05, 3.63) is 69.0 Å². The van der Waals surface area contributed by atoms with E-state index in [9.17, 15) is 14.9 Å². The van der Waals surface area contributed by atoms with Crippen molar-refractivity contribution in [1.82, 2.24) is 4.98 Å². The van der Waals surface area contributed by atoms with E-state index >= 15 is 0 Å². The number of aromatic amines is 1. The van der Waals surface area contributed by atoms with E-state index in [1.54, 1.807) is 25.1 Å². The summed E-state index contributed by atoms with van der Waals surface area (Å²) in [5.41, 5.74) is 7.86. The van der Waals surface area contributed by atoms with E-state index in [4.69, 9.17) is 10.5 Å². The van der Waals surface area contributed by atoms with Crippen LogP contribution in [0.3, 0.4) is 0 Å². The number of aryl methyl sites for hydroxylation is 1. The number of pyridine rings is 1. The van der Waals surface area contributed by atoms with Crippen molar-refractivity contribution >= 4 is 11.6 Å². The Balaban J connectivity index is 2.00. The molecule has 7 heteroatoms. The van der Waals surface area contributed by atoms with Gasteiger partial charge in [0.2, 0.25) is 11.8 Å². The fourth-order valence-corrected chi connectivity index (χ4v) is 3.54. The summed E-state index contributed by atoms with van der Waals surface area (Å²) >= 11 is 0. The largest absolute Gasteiger partial charge is 0.440 e. The van der Waals surface area contributed by atoms with Crippen molar-refractivity contribution in [1.29, 1.82) is 5.26 Å². The number of rotatable bonds is 1. The van der Waals surface area contributed by atoms with Crippen LogP contribution in [-0.2, 0) is 4.79 Å². The number of ether oxygens (including phenoxy) is 1. The number of hydrogen-bond donors (Lipinski definition) is 3. The minimum atomic E-state index is -0.804. The van der Waals surface area contributed by atoms with Gasteiger partial charge >= 0.3 is 0 Å². The number of allylic oxidation sites excluding steroid dienone is 1. The molecular weight excluding hydrogens is 320 g/mol. The zero-order valence-electron chi connectivity index (χ0n) is 13.3. The zero-order valence-corrected chi connectivity index (χ0v) is 13.3. The van der Waals surface area contributed by atoms with Crippen LogP contribution in [0.25, 0.3) is 0 Å². The van der Waals surface area contributed by atoms with E-state index in [-0.39, 0.29) is 28.7 Å². The first kappa shape index (κ1) is 15.0. The van der Waals surface area contributed by atoms with Crippen LogP contribution in [0.5, 0.6) is 5.75 Å². The third kappa shape index (κ3) is 2.11. The van der Waals surface area contributed by atoms with Crippen molar-refractivity contribution < 1.29 is 9.53 Å². The van der Waals surface area contributed by atoms with E-state index in [2.05, 4.69) is 10.3 Å². The van der Waals surface area contributed by atoms with Gasteiger partial charge < -0.3 is 20.8 Å². The maximum atomic E-state index is 12.6. The molecule has 2 aliphatic rings. The summed E-state index contributed by atoms with van der Waals surface area (Å²) in [6, 6.07) is 10.9. The van der Waals surface area contributed by atoms with Crippen LogP contribution < -0.4 is 21.3 Å². The molecule has 0 spiro atoms. The highest BCUT2D eigenvalue weighted by Crippen LogP contribution is 2.48. The van der Waals surface area contributed by atoms with Crippen LogP contribution in [0, 0.1) is 18.3 Å². The molecule has 2 atom stereocenters. The maximum Gasteiger partial charge on any atom is 0.255 e. The minimum Gasteiger partial charge on any atom is -0.440 e. The summed E-state index contributed by atoms with van der Waals surface area (Å²) in [6.07, 6.45) is 0. The van der Waals surface area contributed by atoms with Crippen molar-refractivity contribution in [3.8, 4) is 11.8 Å². The van der Waals surface area contributed by atoms with Gasteiger partial charge in [-0.3, -0.25) is 9.59 Å². The van der Waals surface area contributed by atoms with Gasteiger partial charge in [0, 0.05) is 23.4 Å². The number of para-hydroxylation sites is 1. The molecule has 0 saturated carbocycles. The minimum absolute atomic E-state index is 0.0813. The Morgan fingerprint density at radius 3 is 2.76 bits per heavy atom. The SMILES string of the molecule is Cc1cc2c(c(=O)[nH]1)[C@@H]([C@H]1C(=O)Nc3ccccc31)C(C#N)=C(N)O2. The van der Waals surface area contributed by atoms with E-state index in [0.717, 1.165) is 5.56 Å². The van der Waals surface area contributed by atoms with Gasteiger partial charge in [-0.2, -0.15) is 5.26 Å². The molecule has 2 aliphatic heterocycles. The Labute approximate surface area is 142 Å². The lowest BCUT2D eigenvalue weighted by Gasteiger charge is -2.28. The second-order valence-corrected chi connectivity index (χ2v) is 6.08. The van der Waals surface area contributed by atoms with Crippen molar-refractivity contribution in [3.63, 3.8) is 0 Å². The molecule has 4 N–H and O–H groups in total. The molecule has 0 unspecified atom stereocenters. The van der Waals surface area contributed by atoms with Crippen LogP contribution in [-0.4, -0.2) is 10.9 Å². The fraction of sp³-hybridized carbons (Fsp3) is 0.167. The molecule has 1 aromatic carbocycles. The second-order valence-electron chi connectivity index (χ2n) is 6.08. The Morgan fingerprint density at radius 1 is 1.24 bits per heavy atom. The number of carbonyl (C=O) groups excluding carboxylic acids is 1. The van der Waals surface area contributed by atoms with Crippen LogP contribution in [0.1, 0.15) is 28.7 Å². The fourth-order valence-electron chi connectivity index (χ4n) is 3.54. The number of nitrogens with zero attached hydrogens (tertiary/aromatic N) is 1. The molecule has 1 aromatic heterocycles. The smallest absolute Gasteiger partial charge is 0.255 e. The summed E-state index contributed by atoms with van der Waals surface area (Å²) in [7, 11) is 0. The number of hydrogen-bond acceptors (Lipinski definition) is 5. The van der Waals surface area contributed by atoms with Crippen molar-refractivity contribution in [2.24, 2.45) is 5.73 Å². The van der Waals surface area contributed by atoms with Gasteiger partial charge in [0.1, 0.15) is 11.8 Å². The lowest BCUT2D eigenvalue weighted by atomic mass is 9.77.